The van der Waals surface area contributed by atoms with Crippen LogP contribution in [-0.4, -0.2) is 23.8 Å². The number of hydrogen-bond acceptors (Lipinski definition) is 3. The smallest absolute Gasteiger partial charge is 0.229 e. The summed E-state index contributed by atoms with van der Waals surface area (Å²) in [4.78, 5) is 24.9. The molecule has 0 spiro atoms. The Kier molecular flexibility index (Phi) is 4.15. The molecule has 0 bridgehead atoms. The molecule has 2 amide bonds. The summed E-state index contributed by atoms with van der Waals surface area (Å²) in [6, 6.07) is 13.9. The largest absolute Gasteiger partial charge is 0.496 e. The van der Waals surface area contributed by atoms with Gasteiger partial charge in [-0.15, -0.1) is 0 Å². The average molecular weight is 309 g/mol. The molecule has 0 N–H and O–H groups in total. The number of nitrogens with zero attached hydrogens (tertiary/aromatic N) is 1. The first-order chi connectivity index (χ1) is 11.1. The molecule has 0 aliphatic carbocycles. The van der Waals surface area contributed by atoms with E-state index in [2.05, 4.69) is 6.07 Å². The minimum absolute atomic E-state index is 0.0945. The SMILES string of the molecule is COc1ccc(CN2C(=O)CCC2=O)cc1-c1cccc(C)c1. The molecule has 1 aliphatic heterocycles. The first kappa shape index (κ1) is 15.3. The highest BCUT2D eigenvalue weighted by Gasteiger charge is 2.28. The molecule has 4 heteroatoms. The summed E-state index contributed by atoms with van der Waals surface area (Å²) in [6.45, 7) is 2.36. The Balaban J connectivity index is 1.96. The van der Waals surface area contributed by atoms with Gasteiger partial charge in [-0.25, -0.2) is 0 Å². The van der Waals surface area contributed by atoms with Gasteiger partial charge in [0.25, 0.3) is 0 Å². The van der Waals surface area contributed by atoms with E-state index in [1.807, 2.05) is 43.3 Å². The third-order valence-corrected chi connectivity index (χ3v) is 4.09. The van der Waals surface area contributed by atoms with E-state index in [0.29, 0.717) is 19.4 Å². The Morgan fingerprint density at radius 2 is 1.78 bits per heavy atom. The maximum atomic E-state index is 11.8. The van der Waals surface area contributed by atoms with Gasteiger partial charge >= 0.3 is 0 Å². The van der Waals surface area contributed by atoms with Crippen molar-refractivity contribution in [2.75, 3.05) is 7.11 Å². The second kappa shape index (κ2) is 6.24. The van der Waals surface area contributed by atoms with E-state index >= 15 is 0 Å². The van der Waals surface area contributed by atoms with Crippen LogP contribution in [0.3, 0.4) is 0 Å². The second-order valence-electron chi connectivity index (χ2n) is 5.78. The number of carbonyl (C=O) groups is 2. The van der Waals surface area contributed by atoms with Crippen LogP contribution in [0.2, 0.25) is 0 Å². The van der Waals surface area contributed by atoms with Crippen LogP contribution in [0, 0.1) is 6.92 Å². The van der Waals surface area contributed by atoms with Crippen molar-refractivity contribution >= 4 is 11.8 Å². The first-order valence-corrected chi connectivity index (χ1v) is 7.65. The van der Waals surface area contributed by atoms with Gasteiger partial charge in [0, 0.05) is 18.4 Å². The van der Waals surface area contributed by atoms with Crippen LogP contribution in [0.25, 0.3) is 11.1 Å². The molecular weight excluding hydrogens is 290 g/mol. The lowest BCUT2D eigenvalue weighted by Crippen LogP contribution is -2.28. The van der Waals surface area contributed by atoms with Crippen LogP contribution in [-0.2, 0) is 16.1 Å². The minimum atomic E-state index is -0.0945. The van der Waals surface area contributed by atoms with Gasteiger partial charge in [-0.1, -0.05) is 35.9 Å². The number of benzene rings is 2. The van der Waals surface area contributed by atoms with E-state index in [-0.39, 0.29) is 11.8 Å². The number of ether oxygens (including phenoxy) is 1. The number of likely N-dealkylation sites (tertiary alicyclic amines) is 1. The lowest BCUT2D eigenvalue weighted by atomic mass is 10.00. The molecule has 1 aliphatic rings. The summed E-state index contributed by atoms with van der Waals surface area (Å²) < 4.78 is 5.46. The minimum Gasteiger partial charge on any atom is -0.496 e. The topological polar surface area (TPSA) is 46.6 Å². The van der Waals surface area contributed by atoms with Crippen molar-refractivity contribution < 1.29 is 14.3 Å². The van der Waals surface area contributed by atoms with E-state index in [9.17, 15) is 9.59 Å². The molecule has 4 nitrogen and oxygen atoms in total. The van der Waals surface area contributed by atoms with Crippen molar-refractivity contribution in [2.24, 2.45) is 0 Å². The van der Waals surface area contributed by atoms with Gasteiger partial charge in [0.05, 0.1) is 13.7 Å². The summed E-state index contributed by atoms with van der Waals surface area (Å²) in [7, 11) is 1.64. The van der Waals surface area contributed by atoms with Gasteiger partial charge in [0.1, 0.15) is 5.75 Å². The van der Waals surface area contributed by atoms with Crippen molar-refractivity contribution in [2.45, 2.75) is 26.3 Å². The molecule has 0 radical (unpaired) electrons. The van der Waals surface area contributed by atoms with Gasteiger partial charge in [0.2, 0.25) is 11.8 Å². The van der Waals surface area contributed by atoms with Crippen LogP contribution in [0.15, 0.2) is 42.5 Å². The Labute approximate surface area is 135 Å². The highest BCUT2D eigenvalue weighted by molar-refractivity contribution is 6.01. The Hall–Kier alpha value is -2.62. The molecule has 1 heterocycles. The fourth-order valence-corrected chi connectivity index (χ4v) is 2.87. The summed E-state index contributed by atoms with van der Waals surface area (Å²) in [6.07, 6.45) is 0.638. The zero-order valence-electron chi connectivity index (χ0n) is 13.3. The summed E-state index contributed by atoms with van der Waals surface area (Å²) in [5, 5.41) is 0. The van der Waals surface area contributed by atoms with Gasteiger partial charge in [-0.2, -0.15) is 0 Å². The van der Waals surface area contributed by atoms with Gasteiger partial charge in [0.15, 0.2) is 0 Å². The standard InChI is InChI=1S/C19H19NO3/c1-13-4-3-5-15(10-13)16-11-14(6-7-17(16)23-2)12-20-18(21)8-9-19(20)22/h3-7,10-11H,8-9,12H2,1-2H3. The molecule has 0 aromatic heterocycles. The predicted octanol–water partition coefficient (Wildman–Crippen LogP) is 3.32. The lowest BCUT2D eigenvalue weighted by molar-refractivity contribution is -0.139. The zero-order chi connectivity index (χ0) is 16.4. The fourth-order valence-electron chi connectivity index (χ4n) is 2.87. The summed E-state index contributed by atoms with van der Waals surface area (Å²) in [5.74, 6) is 0.587. The normalized spacial score (nSPS) is 14.4. The number of rotatable bonds is 4. The highest BCUT2D eigenvalue weighted by Crippen LogP contribution is 2.32. The lowest BCUT2D eigenvalue weighted by Gasteiger charge is -2.16. The number of methoxy groups -OCH3 is 1. The highest BCUT2D eigenvalue weighted by atomic mass is 16.5. The molecule has 3 rings (SSSR count). The number of carbonyl (C=O) groups excluding carboxylic acids is 2. The fraction of sp³-hybridized carbons (Fsp3) is 0.263. The molecule has 0 atom stereocenters. The van der Waals surface area contributed by atoms with Crippen molar-refractivity contribution in [1.82, 2.24) is 4.90 Å². The number of aryl methyl sites for hydroxylation is 1. The van der Waals surface area contributed by atoms with Crippen LogP contribution in [0.4, 0.5) is 0 Å². The number of amides is 2. The number of hydrogen-bond donors (Lipinski definition) is 0. The quantitative estimate of drug-likeness (QED) is 0.814. The van der Waals surface area contributed by atoms with Crippen molar-refractivity contribution in [3.05, 3.63) is 53.6 Å². The Morgan fingerprint density at radius 1 is 1.04 bits per heavy atom. The van der Waals surface area contributed by atoms with Crippen molar-refractivity contribution in [3.63, 3.8) is 0 Å². The van der Waals surface area contributed by atoms with Crippen LogP contribution in [0.5, 0.6) is 5.75 Å². The third-order valence-electron chi connectivity index (χ3n) is 4.09. The van der Waals surface area contributed by atoms with Crippen LogP contribution < -0.4 is 4.74 Å². The molecule has 0 saturated carbocycles. The molecule has 2 aromatic rings. The Bertz CT molecular complexity index is 751. The first-order valence-electron chi connectivity index (χ1n) is 7.65. The van der Waals surface area contributed by atoms with E-state index < -0.39 is 0 Å². The van der Waals surface area contributed by atoms with E-state index in [0.717, 1.165) is 22.4 Å². The zero-order valence-corrected chi connectivity index (χ0v) is 13.3. The van der Waals surface area contributed by atoms with Gasteiger partial charge < -0.3 is 4.74 Å². The maximum Gasteiger partial charge on any atom is 0.229 e. The van der Waals surface area contributed by atoms with E-state index in [4.69, 9.17) is 4.74 Å². The maximum absolute atomic E-state index is 11.8. The van der Waals surface area contributed by atoms with E-state index in [1.54, 1.807) is 7.11 Å². The summed E-state index contributed by atoms with van der Waals surface area (Å²) >= 11 is 0. The molecule has 23 heavy (non-hydrogen) atoms. The van der Waals surface area contributed by atoms with Crippen molar-refractivity contribution in [3.8, 4) is 16.9 Å². The molecule has 118 valence electrons. The predicted molar refractivity (Wildman–Crippen MR) is 88.0 cm³/mol. The monoisotopic (exact) mass is 309 g/mol. The van der Waals surface area contributed by atoms with Gasteiger partial charge in [-0.05, 0) is 30.2 Å². The second-order valence-corrected chi connectivity index (χ2v) is 5.78. The molecular formula is C19H19NO3. The molecule has 1 fully saturated rings. The number of imide groups is 1. The molecule has 2 aromatic carbocycles. The van der Waals surface area contributed by atoms with Crippen molar-refractivity contribution in [1.29, 1.82) is 0 Å². The van der Waals surface area contributed by atoms with Crippen LogP contribution in [0.1, 0.15) is 24.0 Å². The third kappa shape index (κ3) is 3.11. The van der Waals surface area contributed by atoms with Crippen LogP contribution >= 0.6 is 0 Å². The molecule has 0 unspecified atom stereocenters. The van der Waals surface area contributed by atoms with E-state index in [1.165, 1.54) is 10.5 Å². The van der Waals surface area contributed by atoms with Gasteiger partial charge in [-0.3, -0.25) is 14.5 Å². The Morgan fingerprint density at radius 3 is 2.43 bits per heavy atom. The summed E-state index contributed by atoms with van der Waals surface area (Å²) in [5.41, 5.74) is 4.11. The average Bonchev–Trinajstić information content (AvgIpc) is 2.87. The molecule has 1 saturated heterocycles.